The topological polar surface area (TPSA) is 78.9 Å². The average Bonchev–Trinajstić information content (AvgIpc) is 3.43. The zero-order chi connectivity index (χ0) is 55.7. The Morgan fingerprint density at radius 3 is 0.714 bits per heavy atom. The molecule has 0 amide bonds. The van der Waals surface area contributed by atoms with Gasteiger partial charge in [0.1, 0.15) is 13.2 Å². The predicted octanol–water partition coefficient (Wildman–Crippen LogP) is 23.8. The van der Waals surface area contributed by atoms with Crippen LogP contribution in [-0.2, 0) is 28.6 Å². The number of ether oxygens (including phenoxy) is 3. The number of rotatable bonds is 65. The number of esters is 3. The summed E-state index contributed by atoms with van der Waals surface area (Å²) in [5, 5.41) is 0. The van der Waals surface area contributed by atoms with E-state index in [9.17, 15) is 14.4 Å². The summed E-state index contributed by atoms with van der Waals surface area (Å²) in [4.78, 5) is 38.3. The van der Waals surface area contributed by atoms with Crippen LogP contribution in [0.1, 0.15) is 393 Å². The van der Waals surface area contributed by atoms with E-state index in [1.165, 1.54) is 289 Å². The van der Waals surface area contributed by atoms with Gasteiger partial charge in [0.2, 0.25) is 0 Å². The van der Waals surface area contributed by atoms with Crippen molar-refractivity contribution in [2.45, 2.75) is 399 Å². The highest BCUT2D eigenvalue weighted by Gasteiger charge is 2.19. The maximum atomic E-state index is 12.9. The van der Waals surface area contributed by atoms with Crippen LogP contribution in [-0.4, -0.2) is 37.2 Å². The van der Waals surface area contributed by atoms with Gasteiger partial charge in [0, 0.05) is 19.3 Å². The fourth-order valence-electron chi connectivity index (χ4n) is 10.7. The Kier molecular flexibility index (Phi) is 64.6. The summed E-state index contributed by atoms with van der Waals surface area (Å²) in [5.74, 6) is -0.842. The molecule has 1 unspecified atom stereocenters. The smallest absolute Gasteiger partial charge is 0.306 e. The van der Waals surface area contributed by atoms with Crippen molar-refractivity contribution in [3.63, 3.8) is 0 Å². The second-order valence-electron chi connectivity index (χ2n) is 23.8. The van der Waals surface area contributed by atoms with E-state index in [0.717, 1.165) is 64.2 Å². The molecule has 0 aliphatic carbocycles. The third-order valence-electron chi connectivity index (χ3n) is 16.0. The first kappa shape index (κ1) is 74.9. The summed E-state index contributed by atoms with van der Waals surface area (Å²) < 4.78 is 16.9. The van der Waals surface area contributed by atoms with Crippen molar-refractivity contribution in [1.29, 1.82) is 0 Å². The molecule has 6 nitrogen and oxygen atoms in total. The molecule has 0 heterocycles. The van der Waals surface area contributed by atoms with E-state index in [0.29, 0.717) is 19.3 Å². The number of hydrogen-bond donors (Lipinski definition) is 0. The minimum absolute atomic E-state index is 0.0658. The summed E-state index contributed by atoms with van der Waals surface area (Å²) in [5.41, 5.74) is 0. The monoisotopic (exact) mass is 1080 g/mol. The molecule has 0 spiro atoms. The predicted molar refractivity (Wildman–Crippen MR) is 335 cm³/mol. The minimum atomic E-state index is -0.768. The molecule has 0 aliphatic heterocycles. The van der Waals surface area contributed by atoms with Gasteiger partial charge < -0.3 is 14.2 Å². The molecule has 0 radical (unpaired) electrons. The van der Waals surface area contributed by atoms with Crippen molar-refractivity contribution in [2.75, 3.05) is 13.2 Å². The van der Waals surface area contributed by atoms with Crippen LogP contribution >= 0.6 is 0 Å². The van der Waals surface area contributed by atoms with Crippen LogP contribution in [0.3, 0.4) is 0 Å². The highest BCUT2D eigenvalue weighted by molar-refractivity contribution is 5.71. The van der Waals surface area contributed by atoms with E-state index in [1.807, 2.05) is 0 Å². The maximum Gasteiger partial charge on any atom is 0.306 e. The third kappa shape index (κ3) is 64.6. The Hall–Kier alpha value is -2.11. The molecular weight excluding hydrogens is 949 g/mol. The van der Waals surface area contributed by atoms with Crippen LogP contribution in [0.2, 0.25) is 0 Å². The Labute approximate surface area is 481 Å². The molecule has 0 aromatic rings. The van der Waals surface area contributed by atoms with Gasteiger partial charge in [-0.05, 0) is 51.4 Å². The standard InChI is InChI=1S/C71H134O6/c1-4-7-10-13-16-19-21-23-25-27-29-31-33-34-35-36-38-39-41-43-45-47-49-52-55-58-61-64-70(73)76-67-68(66-75-69(72)63-60-57-54-51-18-15-12-9-6-3)77-71(74)65-62-59-56-53-50-48-46-44-42-40-37-32-30-28-26-24-22-20-17-14-11-8-5-2/h22,24,28,30,68H,4-21,23,25-27,29,31-67H2,1-3H3/b24-22-,30-28-. The number of unbranched alkanes of at least 4 members (excludes halogenated alkanes) is 50. The van der Waals surface area contributed by atoms with Gasteiger partial charge in [0.05, 0.1) is 0 Å². The maximum absolute atomic E-state index is 12.9. The Morgan fingerprint density at radius 2 is 0.468 bits per heavy atom. The van der Waals surface area contributed by atoms with Crippen LogP contribution in [0, 0.1) is 0 Å². The first-order valence-electron chi connectivity index (χ1n) is 34.8. The molecular formula is C71H134O6. The highest BCUT2D eigenvalue weighted by Crippen LogP contribution is 2.19. The first-order valence-corrected chi connectivity index (χ1v) is 34.8. The largest absolute Gasteiger partial charge is 0.462 e. The lowest BCUT2D eigenvalue weighted by molar-refractivity contribution is -0.167. The number of carbonyl (C=O) groups is 3. The SMILES string of the molecule is CCCCCCC/C=C\C/C=C\CCCCCCCCCCCCCC(=O)OC(COC(=O)CCCCCCCCCCC)COC(=O)CCCCCCCCCCCCCCCCCCCCCCCCCCCCC. The second-order valence-corrected chi connectivity index (χ2v) is 23.8. The third-order valence-corrected chi connectivity index (χ3v) is 16.0. The molecule has 0 rings (SSSR count). The molecule has 0 fully saturated rings. The summed E-state index contributed by atoms with van der Waals surface area (Å²) >= 11 is 0. The molecule has 0 N–H and O–H groups in total. The number of carbonyl (C=O) groups excluding carboxylic acids is 3. The Balaban J connectivity index is 4.10. The number of allylic oxidation sites excluding steroid dienone is 4. The van der Waals surface area contributed by atoms with Crippen LogP contribution in [0.25, 0.3) is 0 Å². The first-order chi connectivity index (χ1) is 38.0. The lowest BCUT2D eigenvalue weighted by atomic mass is 10.0. The molecule has 77 heavy (non-hydrogen) atoms. The minimum Gasteiger partial charge on any atom is -0.462 e. The van der Waals surface area contributed by atoms with Crippen molar-refractivity contribution in [3.8, 4) is 0 Å². The van der Waals surface area contributed by atoms with Crippen molar-refractivity contribution in [3.05, 3.63) is 24.3 Å². The van der Waals surface area contributed by atoms with Crippen LogP contribution in [0.4, 0.5) is 0 Å². The molecule has 1 atom stereocenters. The van der Waals surface area contributed by atoms with E-state index in [4.69, 9.17) is 14.2 Å². The van der Waals surface area contributed by atoms with Gasteiger partial charge in [-0.1, -0.05) is 347 Å². The Morgan fingerprint density at radius 1 is 0.260 bits per heavy atom. The summed E-state index contributed by atoms with van der Waals surface area (Å²) in [7, 11) is 0. The van der Waals surface area contributed by atoms with Gasteiger partial charge in [-0.3, -0.25) is 14.4 Å². The fourth-order valence-corrected chi connectivity index (χ4v) is 10.7. The van der Waals surface area contributed by atoms with E-state index < -0.39 is 6.10 Å². The molecule has 0 aliphatic rings. The van der Waals surface area contributed by atoms with Crippen LogP contribution < -0.4 is 0 Å². The van der Waals surface area contributed by atoms with Gasteiger partial charge in [-0.2, -0.15) is 0 Å². The van der Waals surface area contributed by atoms with Gasteiger partial charge in [0.15, 0.2) is 6.10 Å². The highest BCUT2D eigenvalue weighted by atomic mass is 16.6. The summed E-state index contributed by atoms with van der Waals surface area (Å²) in [6, 6.07) is 0. The molecule has 0 bridgehead atoms. The van der Waals surface area contributed by atoms with Crippen molar-refractivity contribution in [2.24, 2.45) is 0 Å². The summed E-state index contributed by atoms with van der Waals surface area (Å²) in [6.45, 7) is 6.68. The second kappa shape index (κ2) is 66.4. The average molecular weight is 1080 g/mol. The molecule has 0 aromatic carbocycles. The number of hydrogen-bond acceptors (Lipinski definition) is 6. The van der Waals surface area contributed by atoms with E-state index >= 15 is 0 Å². The lowest BCUT2D eigenvalue weighted by Gasteiger charge is -2.18. The normalized spacial score (nSPS) is 12.1. The Bertz CT molecular complexity index is 1240. The van der Waals surface area contributed by atoms with Crippen molar-refractivity contribution < 1.29 is 28.6 Å². The molecule has 0 saturated heterocycles. The summed E-state index contributed by atoms with van der Waals surface area (Å²) in [6.07, 6.45) is 80.8. The molecule has 6 heteroatoms. The van der Waals surface area contributed by atoms with Gasteiger partial charge in [-0.25, -0.2) is 0 Å². The van der Waals surface area contributed by atoms with Crippen molar-refractivity contribution >= 4 is 17.9 Å². The van der Waals surface area contributed by atoms with Crippen LogP contribution in [0.5, 0.6) is 0 Å². The van der Waals surface area contributed by atoms with E-state index in [2.05, 4.69) is 45.1 Å². The molecule has 0 saturated carbocycles. The zero-order valence-electron chi connectivity index (χ0n) is 52.3. The van der Waals surface area contributed by atoms with Gasteiger partial charge in [0.25, 0.3) is 0 Å². The van der Waals surface area contributed by atoms with E-state index in [-0.39, 0.29) is 31.1 Å². The molecule has 0 aromatic heterocycles. The van der Waals surface area contributed by atoms with E-state index in [1.54, 1.807) is 0 Å². The molecule has 454 valence electrons. The fraction of sp³-hybridized carbons (Fsp3) is 0.901. The quantitative estimate of drug-likeness (QED) is 0.0261. The van der Waals surface area contributed by atoms with Gasteiger partial charge in [-0.15, -0.1) is 0 Å². The zero-order valence-corrected chi connectivity index (χ0v) is 52.3. The van der Waals surface area contributed by atoms with Crippen LogP contribution in [0.15, 0.2) is 24.3 Å². The van der Waals surface area contributed by atoms with Gasteiger partial charge >= 0.3 is 17.9 Å². The lowest BCUT2D eigenvalue weighted by Crippen LogP contribution is -2.30. The van der Waals surface area contributed by atoms with Crippen molar-refractivity contribution in [1.82, 2.24) is 0 Å².